The van der Waals surface area contributed by atoms with Crippen molar-refractivity contribution in [1.29, 1.82) is 0 Å². The van der Waals surface area contributed by atoms with Crippen LogP contribution in [0.1, 0.15) is 17.3 Å². The molecule has 0 aliphatic heterocycles. The second-order valence-electron chi connectivity index (χ2n) is 4.97. The Kier molecular flexibility index (Phi) is 5.70. The van der Waals surface area contributed by atoms with Gasteiger partial charge in [-0.15, -0.1) is 0 Å². The van der Waals surface area contributed by atoms with Crippen LogP contribution in [0.5, 0.6) is 0 Å². The van der Waals surface area contributed by atoms with E-state index in [0.717, 1.165) is 10.4 Å². The molecule has 3 N–H and O–H groups in total. The monoisotopic (exact) mass is 316 g/mol. The van der Waals surface area contributed by atoms with Crippen molar-refractivity contribution in [2.75, 3.05) is 32.6 Å². The van der Waals surface area contributed by atoms with Crippen LogP contribution in [-0.2, 0) is 10.0 Å². The van der Waals surface area contributed by atoms with Crippen LogP contribution >= 0.6 is 0 Å². The van der Waals surface area contributed by atoms with Crippen LogP contribution in [0.4, 0.5) is 5.69 Å². The van der Waals surface area contributed by atoms with Crippen molar-refractivity contribution in [3.8, 4) is 0 Å². The lowest BCUT2D eigenvalue weighted by Gasteiger charge is -2.16. The molecular formula is C13H20N2O5S. The van der Waals surface area contributed by atoms with Gasteiger partial charge in [-0.3, -0.25) is 0 Å². The number of hydrogen-bond acceptors (Lipinski definition) is 5. The van der Waals surface area contributed by atoms with Crippen molar-refractivity contribution in [3.63, 3.8) is 0 Å². The Morgan fingerprint density at radius 2 is 2.00 bits per heavy atom. The van der Waals surface area contributed by atoms with E-state index in [1.165, 1.54) is 26.2 Å². The highest BCUT2D eigenvalue weighted by molar-refractivity contribution is 7.89. The first-order chi connectivity index (χ1) is 9.70. The molecule has 0 heterocycles. The van der Waals surface area contributed by atoms with Gasteiger partial charge in [0, 0.05) is 32.9 Å². The number of hydrogen-bond donors (Lipinski definition) is 3. The lowest BCUT2D eigenvalue weighted by atomic mass is 10.1. The van der Waals surface area contributed by atoms with Gasteiger partial charge in [0.15, 0.2) is 0 Å². The van der Waals surface area contributed by atoms with Crippen molar-refractivity contribution < 1.29 is 23.4 Å². The van der Waals surface area contributed by atoms with Gasteiger partial charge in [0.1, 0.15) is 0 Å². The molecule has 118 valence electrons. The zero-order chi connectivity index (χ0) is 16.2. The van der Waals surface area contributed by atoms with Gasteiger partial charge in [-0.05, 0) is 24.1 Å². The first kappa shape index (κ1) is 17.4. The van der Waals surface area contributed by atoms with E-state index in [0.29, 0.717) is 12.2 Å². The number of nitrogens with zero attached hydrogens (tertiary/aromatic N) is 1. The van der Waals surface area contributed by atoms with Crippen molar-refractivity contribution >= 4 is 21.7 Å². The summed E-state index contributed by atoms with van der Waals surface area (Å²) in [5.41, 5.74) is 0.198. The number of sulfonamides is 1. The maximum absolute atomic E-state index is 12.0. The van der Waals surface area contributed by atoms with Crippen LogP contribution in [0.3, 0.4) is 0 Å². The number of carboxylic acid groups (broad SMARTS) is 1. The van der Waals surface area contributed by atoms with Crippen molar-refractivity contribution in [1.82, 2.24) is 4.31 Å². The van der Waals surface area contributed by atoms with Crippen molar-refractivity contribution in [3.05, 3.63) is 23.8 Å². The van der Waals surface area contributed by atoms with Gasteiger partial charge < -0.3 is 15.5 Å². The summed E-state index contributed by atoms with van der Waals surface area (Å²) < 4.78 is 25.0. The second kappa shape index (κ2) is 6.88. The van der Waals surface area contributed by atoms with E-state index in [-0.39, 0.29) is 23.0 Å². The molecule has 0 radical (unpaired) electrons. The number of carboxylic acids is 1. The minimum Gasteiger partial charge on any atom is -0.478 e. The summed E-state index contributed by atoms with van der Waals surface area (Å²) in [4.78, 5) is 11.2. The largest absolute Gasteiger partial charge is 0.478 e. The van der Waals surface area contributed by atoms with E-state index >= 15 is 0 Å². The number of rotatable bonds is 7. The Bertz CT molecular complexity index is 613. The van der Waals surface area contributed by atoms with Gasteiger partial charge in [-0.1, -0.05) is 6.92 Å². The normalized spacial score (nSPS) is 13.2. The third kappa shape index (κ3) is 4.16. The number of aliphatic hydroxyl groups is 1. The minimum atomic E-state index is -3.68. The van der Waals surface area contributed by atoms with Crippen LogP contribution in [0.25, 0.3) is 0 Å². The average Bonchev–Trinajstić information content (AvgIpc) is 2.43. The quantitative estimate of drug-likeness (QED) is 0.683. The van der Waals surface area contributed by atoms with Gasteiger partial charge in [-0.25, -0.2) is 17.5 Å². The SMILES string of the molecule is CC(CO)CNc1ccc(S(=O)(=O)N(C)C)cc1C(=O)O. The number of benzene rings is 1. The van der Waals surface area contributed by atoms with Crippen molar-refractivity contribution in [2.45, 2.75) is 11.8 Å². The first-order valence-electron chi connectivity index (χ1n) is 6.34. The van der Waals surface area contributed by atoms with Crippen LogP contribution in [0, 0.1) is 5.92 Å². The number of aromatic carboxylic acids is 1. The summed E-state index contributed by atoms with van der Waals surface area (Å²) in [6.45, 7) is 2.16. The third-order valence-electron chi connectivity index (χ3n) is 2.95. The highest BCUT2D eigenvalue weighted by Gasteiger charge is 2.21. The Morgan fingerprint density at radius 3 is 2.48 bits per heavy atom. The van der Waals surface area contributed by atoms with Gasteiger partial charge in [0.25, 0.3) is 0 Å². The number of aliphatic hydroxyl groups excluding tert-OH is 1. The molecule has 0 aromatic heterocycles. The van der Waals surface area contributed by atoms with Crippen LogP contribution in [0.2, 0.25) is 0 Å². The topological polar surface area (TPSA) is 107 Å². The fourth-order valence-corrected chi connectivity index (χ4v) is 2.50. The Hall–Kier alpha value is -1.64. The van der Waals surface area contributed by atoms with E-state index in [2.05, 4.69) is 5.32 Å². The zero-order valence-corrected chi connectivity index (χ0v) is 13.0. The molecule has 7 nitrogen and oxygen atoms in total. The van der Waals surface area contributed by atoms with E-state index < -0.39 is 16.0 Å². The molecule has 1 rings (SSSR count). The molecular weight excluding hydrogens is 296 g/mol. The van der Waals surface area contributed by atoms with E-state index in [1.807, 2.05) is 0 Å². The van der Waals surface area contributed by atoms with Crippen LogP contribution in [0.15, 0.2) is 23.1 Å². The third-order valence-corrected chi connectivity index (χ3v) is 4.76. The molecule has 0 amide bonds. The predicted octanol–water partition coefficient (Wildman–Crippen LogP) is 0.675. The molecule has 0 saturated heterocycles. The van der Waals surface area contributed by atoms with Gasteiger partial charge in [0.2, 0.25) is 10.0 Å². The molecule has 0 aliphatic carbocycles. The molecule has 8 heteroatoms. The summed E-state index contributed by atoms with van der Waals surface area (Å²) in [5.74, 6) is -1.26. The minimum absolute atomic E-state index is 0.0253. The number of carbonyl (C=O) groups is 1. The molecule has 0 fully saturated rings. The summed E-state index contributed by atoms with van der Waals surface area (Å²) in [6.07, 6.45) is 0. The maximum Gasteiger partial charge on any atom is 0.337 e. The highest BCUT2D eigenvalue weighted by atomic mass is 32.2. The Labute approximate surface area is 124 Å². The molecule has 0 aliphatic rings. The molecule has 21 heavy (non-hydrogen) atoms. The summed E-state index contributed by atoms with van der Waals surface area (Å²) >= 11 is 0. The Morgan fingerprint density at radius 1 is 1.38 bits per heavy atom. The summed E-state index contributed by atoms with van der Waals surface area (Å²) in [5, 5.41) is 21.1. The summed E-state index contributed by atoms with van der Waals surface area (Å²) in [7, 11) is -0.924. The average molecular weight is 316 g/mol. The Balaban J connectivity index is 3.17. The predicted molar refractivity (Wildman–Crippen MR) is 79.0 cm³/mol. The van der Waals surface area contributed by atoms with Crippen LogP contribution < -0.4 is 5.32 Å². The van der Waals surface area contributed by atoms with Crippen LogP contribution in [-0.4, -0.2) is 56.2 Å². The highest BCUT2D eigenvalue weighted by Crippen LogP contribution is 2.22. The van der Waals surface area contributed by atoms with E-state index in [4.69, 9.17) is 5.11 Å². The van der Waals surface area contributed by atoms with Gasteiger partial charge in [-0.2, -0.15) is 0 Å². The molecule has 1 aromatic rings. The molecule has 1 aromatic carbocycles. The molecule has 0 bridgehead atoms. The molecule has 0 saturated carbocycles. The standard InChI is InChI=1S/C13H20N2O5S/c1-9(8-16)7-14-12-5-4-10(6-11(12)13(17)18)21(19,20)15(2)3/h4-6,9,14,16H,7-8H2,1-3H3,(H,17,18). The lowest BCUT2D eigenvalue weighted by molar-refractivity contribution is 0.0697. The number of anilines is 1. The lowest BCUT2D eigenvalue weighted by Crippen LogP contribution is -2.23. The first-order valence-corrected chi connectivity index (χ1v) is 7.78. The molecule has 1 atom stereocenters. The van der Waals surface area contributed by atoms with Gasteiger partial charge in [0.05, 0.1) is 10.5 Å². The maximum atomic E-state index is 12.0. The van der Waals surface area contributed by atoms with Crippen molar-refractivity contribution in [2.24, 2.45) is 5.92 Å². The number of nitrogens with one attached hydrogen (secondary N) is 1. The molecule has 0 spiro atoms. The smallest absolute Gasteiger partial charge is 0.337 e. The van der Waals surface area contributed by atoms with E-state index in [9.17, 15) is 18.3 Å². The zero-order valence-electron chi connectivity index (χ0n) is 12.2. The fourth-order valence-electron chi connectivity index (χ4n) is 1.57. The fraction of sp³-hybridized carbons (Fsp3) is 0.462. The second-order valence-corrected chi connectivity index (χ2v) is 7.12. The summed E-state index contributed by atoms with van der Waals surface area (Å²) in [6, 6.07) is 3.90. The van der Waals surface area contributed by atoms with Gasteiger partial charge >= 0.3 is 5.97 Å². The van der Waals surface area contributed by atoms with E-state index in [1.54, 1.807) is 6.92 Å². The molecule has 1 unspecified atom stereocenters.